The third-order valence-electron chi connectivity index (χ3n) is 4.16. The minimum atomic E-state index is -0.217. The van der Waals surface area contributed by atoms with Crippen LogP contribution in [0.25, 0.3) is 0 Å². The van der Waals surface area contributed by atoms with E-state index in [0.29, 0.717) is 12.2 Å². The Hall–Kier alpha value is -2.83. The van der Waals surface area contributed by atoms with Crippen LogP contribution in [0.2, 0.25) is 0 Å². The van der Waals surface area contributed by atoms with Gasteiger partial charge in [-0.05, 0) is 37.3 Å². The molecule has 2 heterocycles. The summed E-state index contributed by atoms with van der Waals surface area (Å²) >= 11 is 0. The van der Waals surface area contributed by atoms with Gasteiger partial charge in [-0.25, -0.2) is 0 Å². The molecule has 1 aliphatic rings. The van der Waals surface area contributed by atoms with Crippen molar-refractivity contribution in [2.75, 3.05) is 25.1 Å². The molecule has 24 heavy (non-hydrogen) atoms. The molecule has 0 unspecified atom stereocenters. The van der Waals surface area contributed by atoms with Crippen LogP contribution in [0.4, 0.5) is 5.69 Å². The first-order valence-corrected chi connectivity index (χ1v) is 7.74. The highest BCUT2D eigenvalue weighted by molar-refractivity contribution is 6.01. The largest absolute Gasteiger partial charge is 0.497 e. The van der Waals surface area contributed by atoms with E-state index < -0.39 is 0 Å². The average molecular weight is 328 g/mol. The fourth-order valence-corrected chi connectivity index (χ4v) is 2.81. The summed E-state index contributed by atoms with van der Waals surface area (Å²) in [5.41, 5.74) is 1.16. The summed E-state index contributed by atoms with van der Waals surface area (Å²) in [5, 5.41) is 4.13. The van der Waals surface area contributed by atoms with E-state index in [1.807, 2.05) is 31.2 Å². The molecular formula is C17H20N4O3. The number of nitrogens with zero attached hydrogens (tertiary/aromatic N) is 4. The molecule has 2 aromatic rings. The summed E-state index contributed by atoms with van der Waals surface area (Å²) in [4.78, 5) is 28.4. The molecule has 1 aliphatic heterocycles. The number of methoxy groups -OCH3 is 1. The van der Waals surface area contributed by atoms with E-state index in [4.69, 9.17) is 4.74 Å². The zero-order valence-electron chi connectivity index (χ0n) is 14.0. The second kappa shape index (κ2) is 6.35. The van der Waals surface area contributed by atoms with Crippen molar-refractivity contribution in [3.63, 3.8) is 0 Å². The SMILES string of the molecule is COc1ccc(N2C[C@@H](C)N(C(=O)c3ccn(C)n3)CC2=O)cc1. The van der Waals surface area contributed by atoms with Crippen molar-refractivity contribution >= 4 is 17.5 Å². The van der Waals surface area contributed by atoms with Gasteiger partial charge in [-0.2, -0.15) is 5.10 Å². The van der Waals surface area contributed by atoms with Gasteiger partial charge in [0.25, 0.3) is 5.91 Å². The number of anilines is 1. The highest BCUT2D eigenvalue weighted by atomic mass is 16.5. The summed E-state index contributed by atoms with van der Waals surface area (Å²) in [6, 6.07) is 8.89. The van der Waals surface area contributed by atoms with Gasteiger partial charge in [-0.1, -0.05) is 0 Å². The van der Waals surface area contributed by atoms with Crippen LogP contribution in [0, 0.1) is 0 Å². The molecule has 0 radical (unpaired) electrons. The summed E-state index contributed by atoms with van der Waals surface area (Å²) in [6.45, 7) is 2.43. The highest BCUT2D eigenvalue weighted by Gasteiger charge is 2.34. The second-order valence-electron chi connectivity index (χ2n) is 5.86. The summed E-state index contributed by atoms with van der Waals surface area (Å²) < 4.78 is 6.72. The smallest absolute Gasteiger partial charge is 0.275 e. The van der Waals surface area contributed by atoms with Gasteiger partial charge in [0.1, 0.15) is 18.0 Å². The number of hydrogen-bond donors (Lipinski definition) is 0. The van der Waals surface area contributed by atoms with E-state index in [-0.39, 0.29) is 24.4 Å². The maximum absolute atomic E-state index is 12.6. The van der Waals surface area contributed by atoms with E-state index in [1.54, 1.807) is 40.9 Å². The van der Waals surface area contributed by atoms with Gasteiger partial charge < -0.3 is 14.5 Å². The molecule has 1 aromatic heterocycles. The zero-order valence-corrected chi connectivity index (χ0v) is 14.0. The van der Waals surface area contributed by atoms with Crippen molar-refractivity contribution in [2.45, 2.75) is 13.0 Å². The Labute approximate surface area is 140 Å². The Morgan fingerprint density at radius 1 is 1.25 bits per heavy atom. The number of rotatable bonds is 3. The number of carbonyl (C=O) groups excluding carboxylic acids is 2. The van der Waals surface area contributed by atoms with E-state index in [9.17, 15) is 9.59 Å². The Morgan fingerprint density at radius 2 is 1.96 bits per heavy atom. The molecular weight excluding hydrogens is 308 g/mol. The lowest BCUT2D eigenvalue weighted by molar-refractivity contribution is -0.121. The lowest BCUT2D eigenvalue weighted by atomic mass is 10.1. The Kier molecular flexibility index (Phi) is 4.24. The number of benzene rings is 1. The fraction of sp³-hybridized carbons (Fsp3) is 0.353. The van der Waals surface area contributed by atoms with Crippen LogP contribution in [-0.2, 0) is 11.8 Å². The maximum Gasteiger partial charge on any atom is 0.275 e. The molecule has 3 rings (SSSR count). The van der Waals surface area contributed by atoms with Gasteiger partial charge >= 0.3 is 0 Å². The van der Waals surface area contributed by atoms with Crippen LogP contribution >= 0.6 is 0 Å². The molecule has 1 saturated heterocycles. The van der Waals surface area contributed by atoms with Gasteiger partial charge in [0.05, 0.1) is 7.11 Å². The van der Waals surface area contributed by atoms with Crippen molar-refractivity contribution < 1.29 is 14.3 Å². The van der Waals surface area contributed by atoms with Crippen molar-refractivity contribution in [2.24, 2.45) is 7.05 Å². The molecule has 0 saturated carbocycles. The maximum atomic E-state index is 12.6. The molecule has 0 N–H and O–H groups in total. The molecule has 7 heteroatoms. The van der Waals surface area contributed by atoms with Crippen LogP contribution in [0.3, 0.4) is 0 Å². The lowest BCUT2D eigenvalue weighted by Gasteiger charge is -2.39. The number of amides is 2. The molecule has 1 aromatic carbocycles. The molecule has 126 valence electrons. The van der Waals surface area contributed by atoms with E-state index in [1.165, 1.54) is 0 Å². The molecule has 2 amide bonds. The fourth-order valence-electron chi connectivity index (χ4n) is 2.81. The first kappa shape index (κ1) is 16.0. The van der Waals surface area contributed by atoms with Crippen molar-refractivity contribution in [1.29, 1.82) is 0 Å². The molecule has 7 nitrogen and oxygen atoms in total. The predicted octanol–water partition coefficient (Wildman–Crippen LogP) is 1.31. The molecule has 0 bridgehead atoms. The van der Waals surface area contributed by atoms with Gasteiger partial charge in [-0.3, -0.25) is 14.3 Å². The number of hydrogen-bond acceptors (Lipinski definition) is 4. The molecule has 1 fully saturated rings. The minimum absolute atomic E-state index is 0.0442. The van der Waals surface area contributed by atoms with Crippen LogP contribution in [-0.4, -0.2) is 52.7 Å². The number of ether oxygens (including phenoxy) is 1. The lowest BCUT2D eigenvalue weighted by Crippen LogP contribution is -2.57. The third kappa shape index (κ3) is 2.97. The quantitative estimate of drug-likeness (QED) is 0.852. The van der Waals surface area contributed by atoms with E-state index >= 15 is 0 Å². The van der Waals surface area contributed by atoms with Gasteiger partial charge in [0.15, 0.2) is 0 Å². The van der Waals surface area contributed by atoms with Gasteiger partial charge in [-0.15, -0.1) is 0 Å². The average Bonchev–Trinajstić information content (AvgIpc) is 3.02. The highest BCUT2D eigenvalue weighted by Crippen LogP contribution is 2.23. The van der Waals surface area contributed by atoms with Crippen molar-refractivity contribution in [3.8, 4) is 5.75 Å². The van der Waals surface area contributed by atoms with Crippen molar-refractivity contribution in [3.05, 3.63) is 42.2 Å². The monoisotopic (exact) mass is 328 g/mol. The number of aryl methyl sites for hydroxylation is 1. The third-order valence-corrected chi connectivity index (χ3v) is 4.16. The van der Waals surface area contributed by atoms with Crippen LogP contribution in [0.1, 0.15) is 17.4 Å². The molecule has 0 aliphatic carbocycles. The normalized spacial score (nSPS) is 18.0. The molecule has 0 spiro atoms. The van der Waals surface area contributed by atoms with Crippen molar-refractivity contribution in [1.82, 2.24) is 14.7 Å². The topological polar surface area (TPSA) is 67.7 Å². The Balaban J connectivity index is 1.76. The number of aromatic nitrogens is 2. The Bertz CT molecular complexity index is 753. The number of carbonyl (C=O) groups is 2. The number of piperazine rings is 1. The summed E-state index contributed by atoms with van der Waals surface area (Å²) in [6.07, 6.45) is 1.72. The van der Waals surface area contributed by atoms with Gasteiger partial charge in [0.2, 0.25) is 5.91 Å². The zero-order chi connectivity index (χ0) is 17.3. The molecule has 1 atom stereocenters. The van der Waals surface area contributed by atoms with Crippen LogP contribution in [0.5, 0.6) is 5.75 Å². The van der Waals surface area contributed by atoms with E-state index in [0.717, 1.165) is 11.4 Å². The van der Waals surface area contributed by atoms with Gasteiger partial charge in [0, 0.05) is 31.5 Å². The summed E-state index contributed by atoms with van der Waals surface area (Å²) in [7, 11) is 3.36. The summed E-state index contributed by atoms with van der Waals surface area (Å²) in [5.74, 6) is 0.414. The second-order valence-corrected chi connectivity index (χ2v) is 5.86. The minimum Gasteiger partial charge on any atom is -0.497 e. The Morgan fingerprint density at radius 3 is 2.54 bits per heavy atom. The first-order chi connectivity index (χ1) is 11.5. The standard InChI is InChI=1S/C17H20N4O3/c1-12-10-21(13-4-6-14(24-3)7-5-13)16(22)11-20(12)17(23)15-8-9-19(2)18-15/h4-9,12H,10-11H2,1-3H3/t12-/m1/s1. The predicted molar refractivity (Wildman–Crippen MR) is 89.1 cm³/mol. The first-order valence-electron chi connectivity index (χ1n) is 7.74. The van der Waals surface area contributed by atoms with Crippen LogP contribution in [0.15, 0.2) is 36.5 Å². The van der Waals surface area contributed by atoms with E-state index in [2.05, 4.69) is 5.10 Å². The van der Waals surface area contributed by atoms with Crippen LogP contribution < -0.4 is 9.64 Å².